The molecule has 0 saturated carbocycles. The number of anilines is 1. The summed E-state index contributed by atoms with van der Waals surface area (Å²) in [6, 6.07) is 8.93. The molecule has 2 saturated heterocycles. The Bertz CT molecular complexity index is 1450. The highest BCUT2D eigenvalue weighted by Gasteiger charge is 2.41. The monoisotopic (exact) mass is 468 g/mol. The first-order valence-electron chi connectivity index (χ1n) is 11.6. The normalized spacial score (nSPS) is 21.3. The van der Waals surface area contributed by atoms with Gasteiger partial charge in [-0.05, 0) is 43.9 Å². The van der Waals surface area contributed by atoms with Crippen molar-refractivity contribution in [2.24, 2.45) is 7.05 Å². The van der Waals surface area contributed by atoms with Gasteiger partial charge in [-0.3, -0.25) is 4.68 Å². The summed E-state index contributed by atoms with van der Waals surface area (Å²) in [5.74, 6) is 0.906. The molecule has 0 aliphatic carbocycles. The average molecular weight is 469 g/mol. The Labute approximate surface area is 201 Å². The molecule has 2 N–H and O–H groups in total. The minimum atomic E-state index is -0.957. The van der Waals surface area contributed by atoms with Crippen molar-refractivity contribution in [2.45, 2.75) is 43.8 Å². The van der Waals surface area contributed by atoms with Gasteiger partial charge in [0.2, 0.25) is 0 Å². The number of hydrogen-bond donors (Lipinski definition) is 2. The number of carboxylic acid groups (broad SMARTS) is 1. The highest BCUT2D eigenvalue weighted by atomic mass is 16.4. The van der Waals surface area contributed by atoms with Gasteiger partial charge in [0.15, 0.2) is 0 Å². The number of aromatic nitrogens is 5. The van der Waals surface area contributed by atoms with Crippen LogP contribution in [0.1, 0.15) is 31.2 Å². The summed E-state index contributed by atoms with van der Waals surface area (Å²) in [7, 11) is 1.88. The number of amides is 1. The van der Waals surface area contributed by atoms with E-state index in [1.54, 1.807) is 21.6 Å². The van der Waals surface area contributed by atoms with Crippen LogP contribution in [0.5, 0.6) is 0 Å². The van der Waals surface area contributed by atoms with Crippen molar-refractivity contribution in [1.29, 1.82) is 5.26 Å². The number of piperidine rings is 1. The standard InChI is InChI=1S/C25H24N8O2/c1-31-13-18(12-28-31)16-6-22(24-17(9-26)11-29-32(24)14-16)15-2-5-23(27-10-15)33-20-3-4-21(33)8-19(7-20)30-25(34)35/h2,5-6,10-14,19-21,30H,3-4,7-8H2,1H3,(H,34,35)/t19-,20+,21-. The maximum absolute atomic E-state index is 11.1. The predicted molar refractivity (Wildman–Crippen MR) is 129 cm³/mol. The SMILES string of the molecule is Cn1cc(-c2cc(-c3ccc(N4[C@@H]5CC[C@H]4C[C@@H](NC(=O)O)C5)nc3)c3c(C#N)cnn3c2)cn1. The number of pyridine rings is 2. The van der Waals surface area contributed by atoms with Gasteiger partial charge in [0, 0.05) is 66.0 Å². The van der Waals surface area contributed by atoms with E-state index >= 15 is 0 Å². The zero-order valence-electron chi connectivity index (χ0n) is 19.2. The molecule has 176 valence electrons. The lowest BCUT2D eigenvalue weighted by molar-refractivity contribution is 0.185. The second-order valence-electron chi connectivity index (χ2n) is 9.32. The Morgan fingerprint density at radius 3 is 2.51 bits per heavy atom. The van der Waals surface area contributed by atoms with Gasteiger partial charge >= 0.3 is 6.09 Å². The molecule has 0 spiro atoms. The third kappa shape index (κ3) is 3.65. The molecule has 10 nitrogen and oxygen atoms in total. The van der Waals surface area contributed by atoms with E-state index in [4.69, 9.17) is 10.1 Å². The predicted octanol–water partition coefficient (Wildman–Crippen LogP) is 3.44. The molecule has 35 heavy (non-hydrogen) atoms. The van der Waals surface area contributed by atoms with E-state index in [1.165, 1.54) is 0 Å². The van der Waals surface area contributed by atoms with Crippen LogP contribution in [0.15, 0.2) is 49.2 Å². The average Bonchev–Trinajstić information content (AvgIpc) is 3.54. The van der Waals surface area contributed by atoms with E-state index in [9.17, 15) is 10.1 Å². The third-order valence-corrected chi connectivity index (χ3v) is 7.15. The molecule has 3 atom stereocenters. The van der Waals surface area contributed by atoms with Gasteiger partial charge in [0.25, 0.3) is 0 Å². The highest BCUT2D eigenvalue weighted by molar-refractivity contribution is 5.87. The molecule has 0 aromatic carbocycles. The molecule has 4 aromatic rings. The molecule has 6 heterocycles. The van der Waals surface area contributed by atoms with Crippen LogP contribution < -0.4 is 10.2 Å². The van der Waals surface area contributed by atoms with Crippen molar-refractivity contribution in [3.05, 3.63) is 54.7 Å². The van der Waals surface area contributed by atoms with Gasteiger partial charge in [-0.25, -0.2) is 14.3 Å². The van der Waals surface area contributed by atoms with Crippen molar-refractivity contribution >= 4 is 17.4 Å². The third-order valence-electron chi connectivity index (χ3n) is 7.15. The Morgan fingerprint density at radius 1 is 1.09 bits per heavy atom. The van der Waals surface area contributed by atoms with Crippen molar-refractivity contribution in [3.63, 3.8) is 0 Å². The Morgan fingerprint density at radius 2 is 1.89 bits per heavy atom. The number of nitrogens with one attached hydrogen (secondary N) is 1. The van der Waals surface area contributed by atoms with Crippen molar-refractivity contribution < 1.29 is 9.90 Å². The van der Waals surface area contributed by atoms with Gasteiger partial charge in [-0.15, -0.1) is 0 Å². The lowest BCUT2D eigenvalue weighted by Gasteiger charge is -2.39. The Hall–Kier alpha value is -4.39. The fourth-order valence-corrected chi connectivity index (χ4v) is 5.69. The van der Waals surface area contributed by atoms with Crippen LogP contribution in [0.4, 0.5) is 10.6 Å². The van der Waals surface area contributed by atoms with E-state index in [0.29, 0.717) is 5.56 Å². The van der Waals surface area contributed by atoms with Crippen LogP contribution in [0, 0.1) is 11.3 Å². The first kappa shape index (κ1) is 21.2. The van der Waals surface area contributed by atoms with Crippen molar-refractivity contribution in [2.75, 3.05) is 4.90 Å². The topological polar surface area (TPSA) is 124 Å². The Balaban J connectivity index is 1.36. The summed E-state index contributed by atoms with van der Waals surface area (Å²) >= 11 is 0. The van der Waals surface area contributed by atoms with Crippen LogP contribution in [-0.4, -0.2) is 53.7 Å². The Kier molecular flexibility index (Phi) is 4.91. The minimum Gasteiger partial charge on any atom is -0.465 e. The molecular weight excluding hydrogens is 444 g/mol. The van der Waals surface area contributed by atoms with Gasteiger partial charge in [-0.1, -0.05) is 0 Å². The number of rotatable bonds is 4. The molecule has 1 amide bonds. The molecule has 0 unspecified atom stereocenters. The smallest absolute Gasteiger partial charge is 0.404 e. The molecule has 0 radical (unpaired) electrons. The highest BCUT2D eigenvalue weighted by Crippen LogP contribution is 2.39. The first-order chi connectivity index (χ1) is 17.0. The van der Waals surface area contributed by atoms with Crippen molar-refractivity contribution in [1.82, 2.24) is 29.7 Å². The zero-order chi connectivity index (χ0) is 24.1. The summed E-state index contributed by atoms with van der Waals surface area (Å²) in [5, 5.41) is 30.1. The van der Waals surface area contributed by atoms with Crippen molar-refractivity contribution in [3.8, 4) is 28.3 Å². The van der Waals surface area contributed by atoms with E-state index in [0.717, 1.165) is 59.3 Å². The van der Waals surface area contributed by atoms with E-state index < -0.39 is 6.09 Å². The quantitative estimate of drug-likeness (QED) is 0.470. The van der Waals surface area contributed by atoms with Crippen LogP contribution in [0.25, 0.3) is 27.8 Å². The lowest BCUT2D eigenvalue weighted by Crippen LogP contribution is -2.50. The number of nitriles is 1. The first-order valence-corrected chi connectivity index (χ1v) is 11.6. The summed E-state index contributed by atoms with van der Waals surface area (Å²) in [5.41, 5.74) is 4.94. The summed E-state index contributed by atoms with van der Waals surface area (Å²) in [6.07, 6.45) is 11.8. The van der Waals surface area contributed by atoms with Gasteiger partial charge in [0.1, 0.15) is 11.9 Å². The summed E-state index contributed by atoms with van der Waals surface area (Å²) in [6.45, 7) is 0. The maximum Gasteiger partial charge on any atom is 0.404 e. The second kappa shape index (κ2) is 8.13. The largest absolute Gasteiger partial charge is 0.465 e. The molecular formula is C25H24N8O2. The van der Waals surface area contributed by atoms with Crippen LogP contribution in [0.2, 0.25) is 0 Å². The van der Waals surface area contributed by atoms with Gasteiger partial charge < -0.3 is 15.3 Å². The van der Waals surface area contributed by atoms with Crippen LogP contribution in [-0.2, 0) is 7.05 Å². The number of aryl methyl sites for hydroxylation is 1. The van der Waals surface area contributed by atoms with Gasteiger partial charge in [-0.2, -0.15) is 15.5 Å². The van der Waals surface area contributed by atoms with Crippen LogP contribution in [0.3, 0.4) is 0 Å². The number of carbonyl (C=O) groups is 1. The van der Waals surface area contributed by atoms with E-state index in [1.807, 2.05) is 37.8 Å². The van der Waals surface area contributed by atoms with Gasteiger partial charge in [0.05, 0.1) is 23.5 Å². The molecule has 2 bridgehead atoms. The number of fused-ring (bicyclic) bond motifs is 3. The minimum absolute atomic E-state index is 0.00436. The second-order valence-corrected chi connectivity index (χ2v) is 9.32. The zero-order valence-corrected chi connectivity index (χ0v) is 19.2. The fraction of sp³-hybridized carbons (Fsp3) is 0.320. The fourth-order valence-electron chi connectivity index (χ4n) is 5.69. The lowest BCUT2D eigenvalue weighted by atomic mass is 9.97. The number of hydrogen-bond acceptors (Lipinski definition) is 6. The maximum atomic E-state index is 11.1. The molecule has 2 aliphatic rings. The molecule has 6 rings (SSSR count). The number of nitrogens with zero attached hydrogens (tertiary/aromatic N) is 7. The summed E-state index contributed by atoms with van der Waals surface area (Å²) < 4.78 is 3.49. The van der Waals surface area contributed by atoms with E-state index in [-0.39, 0.29) is 18.1 Å². The molecule has 2 aliphatic heterocycles. The van der Waals surface area contributed by atoms with Crippen LogP contribution >= 0.6 is 0 Å². The molecule has 10 heteroatoms. The van der Waals surface area contributed by atoms with E-state index in [2.05, 4.69) is 32.5 Å². The molecule has 4 aromatic heterocycles. The summed E-state index contributed by atoms with van der Waals surface area (Å²) in [4.78, 5) is 18.3. The molecule has 2 fully saturated rings.